The molecular weight excluding hydrogens is 188 g/mol. The normalized spacial score (nSPS) is 24.6. The summed E-state index contributed by atoms with van der Waals surface area (Å²) in [6.45, 7) is 0.678. The summed E-state index contributed by atoms with van der Waals surface area (Å²) in [6.07, 6.45) is 9.40. The van der Waals surface area contributed by atoms with Crippen molar-refractivity contribution in [2.45, 2.75) is 49.9 Å². The molecule has 0 radical (unpaired) electrons. The second kappa shape index (κ2) is 3.34. The molecule has 82 valence electrons. The van der Waals surface area contributed by atoms with Gasteiger partial charge in [0.25, 0.3) is 0 Å². The molecule has 0 amide bonds. The molecule has 3 heteroatoms. The summed E-state index contributed by atoms with van der Waals surface area (Å²) in [7, 11) is 0. The van der Waals surface area contributed by atoms with Gasteiger partial charge in [-0.2, -0.15) is 0 Å². The first-order valence-electron chi connectivity index (χ1n) is 6.00. The monoisotopic (exact) mass is 206 g/mol. The summed E-state index contributed by atoms with van der Waals surface area (Å²) < 4.78 is 5.60. The van der Waals surface area contributed by atoms with Crippen LogP contribution in [0.25, 0.3) is 0 Å². The van der Waals surface area contributed by atoms with Gasteiger partial charge in [0.05, 0.1) is 11.1 Å². The van der Waals surface area contributed by atoms with Crippen molar-refractivity contribution in [2.24, 2.45) is 5.73 Å². The number of hydrogen-bond acceptors (Lipinski definition) is 3. The third-order valence-corrected chi connectivity index (χ3v) is 3.99. The molecule has 0 spiro atoms. The zero-order valence-corrected chi connectivity index (χ0v) is 9.04. The van der Waals surface area contributed by atoms with E-state index < -0.39 is 0 Å². The molecule has 2 N–H and O–H groups in total. The second-order valence-corrected chi connectivity index (χ2v) is 5.04. The maximum atomic E-state index is 5.76. The summed E-state index contributed by atoms with van der Waals surface area (Å²) in [5.74, 6) is 1.54. The van der Waals surface area contributed by atoms with Crippen LogP contribution >= 0.6 is 0 Å². The topological polar surface area (TPSA) is 52.0 Å². The Morgan fingerprint density at radius 3 is 2.73 bits per heavy atom. The Balaban J connectivity index is 1.81. The average molecular weight is 206 g/mol. The van der Waals surface area contributed by atoms with Gasteiger partial charge in [0.2, 0.25) is 5.89 Å². The van der Waals surface area contributed by atoms with Crippen molar-refractivity contribution in [3.8, 4) is 0 Å². The number of nitrogens with two attached hydrogens (primary N) is 1. The number of hydrogen-bond donors (Lipinski definition) is 1. The molecule has 0 atom stereocenters. The van der Waals surface area contributed by atoms with E-state index in [1.54, 1.807) is 0 Å². The molecule has 0 aliphatic heterocycles. The van der Waals surface area contributed by atoms with Crippen LogP contribution in [-0.4, -0.2) is 11.5 Å². The fraction of sp³-hybridized carbons (Fsp3) is 0.750. The van der Waals surface area contributed by atoms with Crippen LogP contribution in [0.1, 0.15) is 56.0 Å². The fourth-order valence-electron chi connectivity index (χ4n) is 2.60. The molecule has 2 fully saturated rings. The standard InChI is InChI=1S/C12H18N2O/c13-8-12(5-6-12)11-14-10(7-15-11)9-3-1-2-4-9/h7,9H,1-6,8,13H2. The Labute approximate surface area is 90.1 Å². The number of oxazole rings is 1. The SMILES string of the molecule is NCC1(c2nc(C3CCCC3)co2)CC1. The van der Waals surface area contributed by atoms with Crippen LogP contribution in [-0.2, 0) is 5.41 Å². The molecule has 3 rings (SSSR count). The highest BCUT2D eigenvalue weighted by molar-refractivity contribution is 5.19. The van der Waals surface area contributed by atoms with Gasteiger partial charge in [0.1, 0.15) is 6.26 Å². The fourth-order valence-corrected chi connectivity index (χ4v) is 2.60. The summed E-state index contributed by atoms with van der Waals surface area (Å²) in [6, 6.07) is 0. The van der Waals surface area contributed by atoms with Crippen LogP contribution < -0.4 is 5.73 Å². The Morgan fingerprint density at radius 2 is 2.13 bits per heavy atom. The molecule has 1 aromatic rings. The smallest absolute Gasteiger partial charge is 0.201 e. The largest absolute Gasteiger partial charge is 0.448 e. The molecule has 1 aromatic heterocycles. The first-order valence-corrected chi connectivity index (χ1v) is 6.00. The van der Waals surface area contributed by atoms with Gasteiger partial charge in [0, 0.05) is 12.5 Å². The lowest BCUT2D eigenvalue weighted by Gasteiger charge is -2.06. The van der Waals surface area contributed by atoms with Crippen molar-refractivity contribution in [3.63, 3.8) is 0 Å². The highest BCUT2D eigenvalue weighted by atomic mass is 16.3. The molecule has 1 heterocycles. The number of rotatable bonds is 3. The Hall–Kier alpha value is -0.830. The highest BCUT2D eigenvalue weighted by Gasteiger charge is 2.47. The zero-order chi connectivity index (χ0) is 10.3. The van der Waals surface area contributed by atoms with Gasteiger partial charge in [-0.3, -0.25) is 0 Å². The molecule has 2 aliphatic carbocycles. The molecule has 0 bridgehead atoms. The Bertz CT molecular complexity index is 348. The lowest BCUT2D eigenvalue weighted by Crippen LogP contribution is -2.20. The lowest BCUT2D eigenvalue weighted by atomic mass is 10.1. The van der Waals surface area contributed by atoms with Crippen molar-refractivity contribution in [1.29, 1.82) is 0 Å². The second-order valence-electron chi connectivity index (χ2n) is 5.04. The summed E-state index contributed by atoms with van der Waals surface area (Å²) in [4.78, 5) is 4.65. The summed E-state index contributed by atoms with van der Waals surface area (Å²) in [5, 5.41) is 0. The van der Waals surface area contributed by atoms with Crippen molar-refractivity contribution in [1.82, 2.24) is 4.98 Å². The van der Waals surface area contributed by atoms with Gasteiger partial charge in [-0.15, -0.1) is 0 Å². The lowest BCUT2D eigenvalue weighted by molar-refractivity contribution is 0.437. The van der Waals surface area contributed by atoms with Gasteiger partial charge in [-0.1, -0.05) is 12.8 Å². The Kier molecular flexibility index (Phi) is 2.09. The van der Waals surface area contributed by atoms with E-state index in [9.17, 15) is 0 Å². The van der Waals surface area contributed by atoms with E-state index in [-0.39, 0.29) is 5.41 Å². The van der Waals surface area contributed by atoms with Gasteiger partial charge in [-0.05, 0) is 25.7 Å². The predicted octanol–water partition coefficient (Wildman–Crippen LogP) is 2.32. The molecule has 0 aromatic carbocycles. The minimum absolute atomic E-state index is 0.108. The van der Waals surface area contributed by atoms with E-state index in [1.165, 1.54) is 31.4 Å². The molecule has 2 saturated carbocycles. The zero-order valence-electron chi connectivity index (χ0n) is 9.04. The van der Waals surface area contributed by atoms with E-state index in [1.807, 2.05) is 6.26 Å². The van der Waals surface area contributed by atoms with E-state index in [2.05, 4.69) is 4.98 Å². The van der Waals surface area contributed by atoms with Gasteiger partial charge in [0.15, 0.2) is 0 Å². The highest BCUT2D eigenvalue weighted by Crippen LogP contribution is 2.47. The summed E-state index contributed by atoms with van der Waals surface area (Å²) >= 11 is 0. The minimum Gasteiger partial charge on any atom is -0.448 e. The van der Waals surface area contributed by atoms with Crippen LogP contribution in [0, 0.1) is 0 Å². The van der Waals surface area contributed by atoms with Crippen molar-refractivity contribution >= 4 is 0 Å². The third kappa shape index (κ3) is 1.49. The van der Waals surface area contributed by atoms with E-state index in [4.69, 9.17) is 10.2 Å². The summed E-state index contributed by atoms with van der Waals surface area (Å²) in [5.41, 5.74) is 7.04. The quantitative estimate of drug-likeness (QED) is 0.825. The first-order chi connectivity index (χ1) is 7.34. The van der Waals surface area contributed by atoms with Crippen molar-refractivity contribution in [2.75, 3.05) is 6.54 Å². The minimum atomic E-state index is 0.108. The molecule has 0 saturated heterocycles. The van der Waals surface area contributed by atoms with Crippen molar-refractivity contribution < 1.29 is 4.42 Å². The number of aromatic nitrogens is 1. The molecule has 2 aliphatic rings. The van der Waals surface area contributed by atoms with Crippen LogP contribution in [0.2, 0.25) is 0 Å². The maximum Gasteiger partial charge on any atom is 0.201 e. The van der Waals surface area contributed by atoms with E-state index >= 15 is 0 Å². The molecule has 3 nitrogen and oxygen atoms in total. The van der Waals surface area contributed by atoms with Crippen LogP contribution in [0.5, 0.6) is 0 Å². The van der Waals surface area contributed by atoms with Crippen molar-refractivity contribution in [3.05, 3.63) is 17.8 Å². The molecular formula is C12H18N2O. The van der Waals surface area contributed by atoms with Gasteiger partial charge >= 0.3 is 0 Å². The average Bonchev–Trinajstić information content (AvgIpc) is 2.74. The Morgan fingerprint density at radius 1 is 1.40 bits per heavy atom. The third-order valence-electron chi connectivity index (χ3n) is 3.99. The van der Waals surface area contributed by atoms with E-state index in [0.29, 0.717) is 12.5 Å². The first kappa shape index (κ1) is 9.40. The van der Waals surface area contributed by atoms with Gasteiger partial charge < -0.3 is 10.2 Å². The van der Waals surface area contributed by atoms with Gasteiger partial charge in [-0.25, -0.2) is 4.98 Å². The number of nitrogens with zero attached hydrogens (tertiary/aromatic N) is 1. The van der Waals surface area contributed by atoms with Crippen LogP contribution in [0.3, 0.4) is 0 Å². The van der Waals surface area contributed by atoms with Crippen LogP contribution in [0.4, 0.5) is 0 Å². The van der Waals surface area contributed by atoms with E-state index in [0.717, 1.165) is 18.7 Å². The van der Waals surface area contributed by atoms with Crippen LogP contribution in [0.15, 0.2) is 10.7 Å². The molecule has 0 unspecified atom stereocenters. The maximum absolute atomic E-state index is 5.76. The predicted molar refractivity (Wildman–Crippen MR) is 57.7 cm³/mol. The molecule has 15 heavy (non-hydrogen) atoms.